The van der Waals surface area contributed by atoms with Gasteiger partial charge in [-0.2, -0.15) is 0 Å². The van der Waals surface area contributed by atoms with Crippen LogP contribution in [0.3, 0.4) is 0 Å². The molecule has 0 spiro atoms. The molecule has 0 unspecified atom stereocenters. The van der Waals surface area contributed by atoms with E-state index >= 15 is 0 Å². The fourth-order valence-electron chi connectivity index (χ4n) is 3.17. The molecule has 3 rings (SSSR count). The molecule has 74 valence electrons. The first-order valence-corrected chi connectivity index (χ1v) is 5.73. The summed E-state index contributed by atoms with van der Waals surface area (Å²) < 4.78 is 0. The number of para-hydroxylation sites is 1. The zero-order valence-corrected chi connectivity index (χ0v) is 8.45. The van der Waals surface area contributed by atoms with Gasteiger partial charge in [-0.25, -0.2) is 0 Å². The van der Waals surface area contributed by atoms with Gasteiger partial charge in [-0.1, -0.05) is 24.6 Å². The standard InChI is InChI=1S/C13H17N/c1-2-4-12(5-3-1)14-13-9-10-6-7-11(13)8-10/h1-5,10-11,13-14H,6-9H2/t10-,11-,13-/m1/s1. The summed E-state index contributed by atoms with van der Waals surface area (Å²) in [5, 5.41) is 3.67. The fraction of sp³-hybridized carbons (Fsp3) is 0.538. The molecule has 3 atom stereocenters. The van der Waals surface area contributed by atoms with Crippen LogP contribution in [0.5, 0.6) is 0 Å². The summed E-state index contributed by atoms with van der Waals surface area (Å²) in [5.74, 6) is 1.99. The summed E-state index contributed by atoms with van der Waals surface area (Å²) in [5.41, 5.74) is 1.30. The van der Waals surface area contributed by atoms with Crippen LogP contribution >= 0.6 is 0 Å². The third-order valence-electron chi connectivity index (χ3n) is 3.86. The van der Waals surface area contributed by atoms with Gasteiger partial charge in [0.05, 0.1) is 0 Å². The second-order valence-electron chi connectivity index (χ2n) is 4.79. The second-order valence-corrected chi connectivity index (χ2v) is 4.79. The lowest BCUT2D eigenvalue weighted by molar-refractivity contribution is 0.440. The molecule has 2 bridgehead atoms. The Morgan fingerprint density at radius 1 is 1.00 bits per heavy atom. The van der Waals surface area contributed by atoms with Crippen LogP contribution in [0.25, 0.3) is 0 Å². The molecule has 1 heteroatoms. The predicted molar refractivity (Wildman–Crippen MR) is 59.3 cm³/mol. The Bertz CT molecular complexity index is 306. The highest BCUT2D eigenvalue weighted by Crippen LogP contribution is 2.45. The lowest BCUT2D eigenvalue weighted by atomic mass is 9.95. The van der Waals surface area contributed by atoms with Crippen molar-refractivity contribution in [3.05, 3.63) is 30.3 Å². The SMILES string of the molecule is c1ccc(N[C@@H]2C[C@@H]3CC[C@@H]2C3)cc1. The monoisotopic (exact) mass is 187 g/mol. The molecule has 2 saturated carbocycles. The van der Waals surface area contributed by atoms with E-state index < -0.39 is 0 Å². The van der Waals surface area contributed by atoms with Crippen LogP contribution in [0, 0.1) is 11.8 Å². The van der Waals surface area contributed by atoms with E-state index in [4.69, 9.17) is 0 Å². The topological polar surface area (TPSA) is 12.0 Å². The van der Waals surface area contributed by atoms with Gasteiger partial charge < -0.3 is 5.32 Å². The smallest absolute Gasteiger partial charge is 0.0342 e. The Kier molecular flexibility index (Phi) is 1.97. The quantitative estimate of drug-likeness (QED) is 0.749. The van der Waals surface area contributed by atoms with Crippen molar-refractivity contribution in [2.75, 3.05) is 5.32 Å². The maximum atomic E-state index is 3.67. The van der Waals surface area contributed by atoms with Gasteiger partial charge in [-0.15, -0.1) is 0 Å². The van der Waals surface area contributed by atoms with Gasteiger partial charge in [0.25, 0.3) is 0 Å². The van der Waals surface area contributed by atoms with Crippen LogP contribution in [-0.2, 0) is 0 Å². The van der Waals surface area contributed by atoms with E-state index in [0.29, 0.717) is 0 Å². The molecule has 0 radical (unpaired) electrons. The maximum Gasteiger partial charge on any atom is 0.0342 e. The van der Waals surface area contributed by atoms with Crippen molar-refractivity contribution in [1.82, 2.24) is 0 Å². The van der Waals surface area contributed by atoms with E-state index in [1.54, 1.807) is 0 Å². The summed E-state index contributed by atoms with van der Waals surface area (Å²) in [7, 11) is 0. The number of fused-ring (bicyclic) bond motifs is 2. The summed E-state index contributed by atoms with van der Waals surface area (Å²) in [6.45, 7) is 0. The number of hydrogen-bond donors (Lipinski definition) is 1. The van der Waals surface area contributed by atoms with E-state index in [2.05, 4.69) is 35.6 Å². The first-order chi connectivity index (χ1) is 6.92. The van der Waals surface area contributed by atoms with E-state index in [1.165, 1.54) is 31.4 Å². The van der Waals surface area contributed by atoms with Crippen LogP contribution in [-0.4, -0.2) is 6.04 Å². The number of anilines is 1. The molecule has 1 aromatic rings. The zero-order valence-electron chi connectivity index (χ0n) is 8.45. The first kappa shape index (κ1) is 8.34. The van der Waals surface area contributed by atoms with Gasteiger partial charge in [0, 0.05) is 11.7 Å². The van der Waals surface area contributed by atoms with Crippen molar-refractivity contribution >= 4 is 5.69 Å². The summed E-state index contributed by atoms with van der Waals surface area (Å²) in [6, 6.07) is 11.4. The number of hydrogen-bond acceptors (Lipinski definition) is 1. The van der Waals surface area contributed by atoms with Gasteiger partial charge in [0.2, 0.25) is 0 Å². The Hall–Kier alpha value is -0.980. The van der Waals surface area contributed by atoms with Crippen molar-refractivity contribution in [2.24, 2.45) is 11.8 Å². The van der Waals surface area contributed by atoms with Gasteiger partial charge in [0.1, 0.15) is 0 Å². The highest BCUT2D eigenvalue weighted by molar-refractivity contribution is 5.44. The molecule has 0 amide bonds. The Labute approximate surface area is 85.5 Å². The predicted octanol–water partition coefficient (Wildman–Crippen LogP) is 3.29. The molecule has 1 N–H and O–H groups in total. The molecule has 0 heterocycles. The highest BCUT2D eigenvalue weighted by Gasteiger charge is 2.39. The van der Waals surface area contributed by atoms with Crippen molar-refractivity contribution in [2.45, 2.75) is 31.7 Å². The minimum absolute atomic E-state index is 0.760. The molecule has 1 nitrogen and oxygen atoms in total. The third-order valence-corrected chi connectivity index (χ3v) is 3.86. The van der Waals surface area contributed by atoms with Crippen molar-refractivity contribution in [3.8, 4) is 0 Å². The molecule has 2 fully saturated rings. The molecule has 0 aromatic heterocycles. The molecule has 1 aromatic carbocycles. The fourth-order valence-corrected chi connectivity index (χ4v) is 3.17. The molecular weight excluding hydrogens is 170 g/mol. The molecule has 2 aliphatic carbocycles. The van der Waals surface area contributed by atoms with Crippen LogP contribution in [0.15, 0.2) is 30.3 Å². The van der Waals surface area contributed by atoms with E-state index in [9.17, 15) is 0 Å². The lowest BCUT2D eigenvalue weighted by Crippen LogP contribution is -2.25. The molecule has 2 aliphatic rings. The maximum absolute atomic E-state index is 3.67. The highest BCUT2D eigenvalue weighted by atomic mass is 14.9. The van der Waals surface area contributed by atoms with E-state index in [0.717, 1.165) is 17.9 Å². The molecule has 14 heavy (non-hydrogen) atoms. The Morgan fingerprint density at radius 2 is 1.86 bits per heavy atom. The molecular formula is C13H17N. The van der Waals surface area contributed by atoms with Crippen LogP contribution in [0.4, 0.5) is 5.69 Å². The Morgan fingerprint density at radius 3 is 2.50 bits per heavy atom. The molecule has 0 aliphatic heterocycles. The van der Waals surface area contributed by atoms with Crippen LogP contribution in [0.1, 0.15) is 25.7 Å². The first-order valence-electron chi connectivity index (χ1n) is 5.73. The van der Waals surface area contributed by atoms with Crippen molar-refractivity contribution in [3.63, 3.8) is 0 Å². The molecule has 0 saturated heterocycles. The summed E-state index contributed by atoms with van der Waals surface area (Å²) in [4.78, 5) is 0. The van der Waals surface area contributed by atoms with Crippen molar-refractivity contribution < 1.29 is 0 Å². The van der Waals surface area contributed by atoms with E-state index in [1.807, 2.05) is 0 Å². The second kappa shape index (κ2) is 3.30. The van der Waals surface area contributed by atoms with Crippen LogP contribution in [0.2, 0.25) is 0 Å². The van der Waals surface area contributed by atoms with Crippen molar-refractivity contribution in [1.29, 1.82) is 0 Å². The lowest BCUT2D eigenvalue weighted by Gasteiger charge is -2.23. The number of rotatable bonds is 2. The largest absolute Gasteiger partial charge is 0.382 e. The zero-order chi connectivity index (χ0) is 9.38. The number of benzene rings is 1. The minimum atomic E-state index is 0.760. The normalized spacial score (nSPS) is 34.7. The van der Waals surface area contributed by atoms with Gasteiger partial charge in [-0.3, -0.25) is 0 Å². The minimum Gasteiger partial charge on any atom is -0.382 e. The van der Waals surface area contributed by atoms with E-state index in [-0.39, 0.29) is 0 Å². The van der Waals surface area contributed by atoms with Crippen LogP contribution < -0.4 is 5.32 Å². The summed E-state index contributed by atoms with van der Waals surface area (Å²) >= 11 is 0. The Balaban J connectivity index is 1.69. The van der Waals surface area contributed by atoms with Gasteiger partial charge in [0.15, 0.2) is 0 Å². The third kappa shape index (κ3) is 1.41. The van der Waals surface area contributed by atoms with Gasteiger partial charge >= 0.3 is 0 Å². The summed E-state index contributed by atoms with van der Waals surface area (Å²) in [6.07, 6.45) is 5.82. The average molecular weight is 187 g/mol. The van der Waals surface area contributed by atoms with Gasteiger partial charge in [-0.05, 0) is 43.2 Å². The number of nitrogens with one attached hydrogen (secondary N) is 1. The average Bonchev–Trinajstić information content (AvgIpc) is 2.81.